The average molecular weight is 444 g/mol. The highest BCUT2D eigenvalue weighted by molar-refractivity contribution is 7.80. The molecular formula is C21H25N5O4S. The van der Waals surface area contributed by atoms with Crippen molar-refractivity contribution in [3.63, 3.8) is 0 Å². The lowest BCUT2D eigenvalue weighted by atomic mass is 10.1. The molecule has 0 aliphatic carbocycles. The van der Waals surface area contributed by atoms with Crippen LogP contribution in [0.3, 0.4) is 0 Å². The Labute approximate surface area is 186 Å². The van der Waals surface area contributed by atoms with Gasteiger partial charge in [0.15, 0.2) is 10.9 Å². The Morgan fingerprint density at radius 1 is 1.16 bits per heavy atom. The molecule has 164 valence electrons. The average Bonchev–Trinajstić information content (AvgIpc) is 2.79. The first-order valence-electron chi connectivity index (χ1n) is 9.93. The molecule has 31 heavy (non-hydrogen) atoms. The Hall–Kier alpha value is -3.24. The lowest BCUT2D eigenvalue weighted by molar-refractivity contribution is -0.385. The molecule has 1 aliphatic heterocycles. The van der Waals surface area contributed by atoms with E-state index >= 15 is 0 Å². The van der Waals surface area contributed by atoms with Gasteiger partial charge in [-0.25, -0.2) is 0 Å². The lowest BCUT2D eigenvalue weighted by Gasteiger charge is -2.35. The summed E-state index contributed by atoms with van der Waals surface area (Å²) in [6, 6.07) is 11.8. The number of ether oxygens (including phenoxy) is 1. The summed E-state index contributed by atoms with van der Waals surface area (Å²) >= 11 is 5.21. The van der Waals surface area contributed by atoms with Gasteiger partial charge in [0.1, 0.15) is 0 Å². The standard InChI is InChI=1S/C21H25N5O4S/c1-3-24-10-12-25(13-11-24)17-7-5-16(6-8-17)22-21(31)23-20(27)15-4-9-19(30-2)18(14-15)26(28)29/h4-9,14H,3,10-13H2,1-2H3,(H2,22,23,27,31). The van der Waals surface area contributed by atoms with Crippen molar-refractivity contribution in [3.05, 3.63) is 58.1 Å². The predicted molar refractivity (Wildman–Crippen MR) is 124 cm³/mol. The third-order valence-corrected chi connectivity index (χ3v) is 5.38. The number of benzene rings is 2. The smallest absolute Gasteiger partial charge is 0.311 e. The number of likely N-dealkylation sites (N-methyl/N-ethyl adjacent to an activating group) is 1. The number of piperazine rings is 1. The summed E-state index contributed by atoms with van der Waals surface area (Å²) in [6.45, 7) is 7.33. The van der Waals surface area contributed by atoms with Gasteiger partial charge < -0.3 is 19.9 Å². The number of carbonyl (C=O) groups excluding carboxylic acids is 1. The number of nitro benzene ring substituents is 1. The minimum Gasteiger partial charge on any atom is -0.490 e. The van der Waals surface area contributed by atoms with Gasteiger partial charge in [-0.1, -0.05) is 6.92 Å². The summed E-state index contributed by atoms with van der Waals surface area (Å²) < 4.78 is 4.95. The number of rotatable bonds is 6. The molecule has 9 nitrogen and oxygen atoms in total. The summed E-state index contributed by atoms with van der Waals surface area (Å²) in [6.07, 6.45) is 0. The number of amides is 1. The van der Waals surface area contributed by atoms with Gasteiger partial charge in [0, 0.05) is 49.2 Å². The maximum Gasteiger partial charge on any atom is 0.311 e. The molecule has 0 spiro atoms. The normalized spacial score (nSPS) is 14.1. The number of methoxy groups -OCH3 is 1. The molecule has 1 amide bonds. The van der Waals surface area contributed by atoms with Crippen LogP contribution in [0.4, 0.5) is 17.1 Å². The Morgan fingerprint density at radius 3 is 2.42 bits per heavy atom. The molecule has 1 saturated heterocycles. The molecule has 0 aromatic heterocycles. The van der Waals surface area contributed by atoms with Gasteiger partial charge in [-0.3, -0.25) is 20.2 Å². The number of hydrogen-bond acceptors (Lipinski definition) is 7. The van der Waals surface area contributed by atoms with Gasteiger partial charge >= 0.3 is 5.69 Å². The zero-order valence-electron chi connectivity index (χ0n) is 17.5. The van der Waals surface area contributed by atoms with Gasteiger partial charge in [-0.2, -0.15) is 0 Å². The van der Waals surface area contributed by atoms with Crippen LogP contribution in [0.2, 0.25) is 0 Å². The minimum absolute atomic E-state index is 0.0819. The van der Waals surface area contributed by atoms with Crippen LogP contribution in [0.15, 0.2) is 42.5 Å². The first-order valence-corrected chi connectivity index (χ1v) is 10.3. The van der Waals surface area contributed by atoms with Crippen LogP contribution >= 0.6 is 12.2 Å². The number of anilines is 2. The summed E-state index contributed by atoms with van der Waals surface area (Å²) in [7, 11) is 1.33. The fourth-order valence-corrected chi connectivity index (χ4v) is 3.60. The van der Waals surface area contributed by atoms with E-state index in [4.69, 9.17) is 17.0 Å². The van der Waals surface area contributed by atoms with Crippen LogP contribution < -0.4 is 20.3 Å². The summed E-state index contributed by atoms with van der Waals surface area (Å²) in [5.41, 5.74) is 1.70. The molecule has 1 aliphatic rings. The topological polar surface area (TPSA) is 100.0 Å². The van der Waals surface area contributed by atoms with Crippen LogP contribution in [-0.2, 0) is 0 Å². The number of nitrogens with zero attached hydrogens (tertiary/aromatic N) is 3. The monoisotopic (exact) mass is 443 g/mol. The third kappa shape index (κ3) is 5.68. The van der Waals surface area contributed by atoms with Crippen LogP contribution in [0, 0.1) is 10.1 Å². The van der Waals surface area contributed by atoms with Crippen LogP contribution in [0.25, 0.3) is 0 Å². The van der Waals surface area contributed by atoms with Crippen LogP contribution in [-0.4, -0.2) is 60.7 Å². The van der Waals surface area contributed by atoms with E-state index in [0.717, 1.165) is 50.2 Å². The lowest BCUT2D eigenvalue weighted by Crippen LogP contribution is -2.46. The molecule has 0 unspecified atom stereocenters. The molecule has 1 heterocycles. The van der Waals surface area contributed by atoms with Crippen LogP contribution in [0.1, 0.15) is 17.3 Å². The number of hydrogen-bond donors (Lipinski definition) is 2. The van der Waals surface area contributed by atoms with E-state index in [1.54, 1.807) is 0 Å². The van der Waals surface area contributed by atoms with E-state index in [1.165, 1.54) is 19.2 Å². The molecule has 0 radical (unpaired) electrons. The largest absolute Gasteiger partial charge is 0.490 e. The highest BCUT2D eigenvalue weighted by atomic mass is 32.1. The molecule has 0 atom stereocenters. The Bertz CT molecular complexity index is 959. The predicted octanol–water partition coefficient (Wildman–Crippen LogP) is 2.87. The molecule has 0 bridgehead atoms. The van der Waals surface area contributed by atoms with E-state index in [-0.39, 0.29) is 22.1 Å². The maximum absolute atomic E-state index is 12.4. The molecule has 2 N–H and O–H groups in total. The fraction of sp³-hybridized carbons (Fsp3) is 0.333. The van der Waals surface area contributed by atoms with E-state index in [9.17, 15) is 14.9 Å². The highest BCUT2D eigenvalue weighted by Crippen LogP contribution is 2.27. The number of thiocarbonyl (C=S) groups is 1. The quantitative estimate of drug-likeness (QED) is 0.399. The van der Waals surface area contributed by atoms with Crippen molar-refractivity contribution in [2.24, 2.45) is 0 Å². The van der Waals surface area contributed by atoms with Gasteiger partial charge in [0.2, 0.25) is 0 Å². The second-order valence-electron chi connectivity index (χ2n) is 7.02. The Kier molecular flexibility index (Phi) is 7.37. The minimum atomic E-state index is -0.601. The Morgan fingerprint density at radius 2 is 1.84 bits per heavy atom. The molecule has 2 aromatic carbocycles. The zero-order chi connectivity index (χ0) is 22.4. The van der Waals surface area contributed by atoms with Crippen molar-refractivity contribution >= 4 is 40.3 Å². The van der Waals surface area contributed by atoms with Gasteiger partial charge in [-0.15, -0.1) is 0 Å². The molecular weight excluding hydrogens is 418 g/mol. The van der Waals surface area contributed by atoms with Gasteiger partial charge in [-0.05, 0) is 55.2 Å². The van der Waals surface area contributed by atoms with Gasteiger partial charge in [0.25, 0.3) is 5.91 Å². The van der Waals surface area contributed by atoms with Crippen molar-refractivity contribution < 1.29 is 14.5 Å². The molecule has 3 rings (SSSR count). The van der Waals surface area contributed by atoms with E-state index in [0.29, 0.717) is 0 Å². The summed E-state index contributed by atoms with van der Waals surface area (Å²) in [5, 5.41) is 16.7. The third-order valence-electron chi connectivity index (χ3n) is 5.17. The molecule has 0 saturated carbocycles. The van der Waals surface area contributed by atoms with Crippen molar-refractivity contribution in [2.75, 3.05) is 50.1 Å². The summed E-state index contributed by atoms with van der Waals surface area (Å²) in [4.78, 5) is 27.7. The first-order chi connectivity index (χ1) is 14.9. The summed E-state index contributed by atoms with van der Waals surface area (Å²) in [5.74, 6) is -0.466. The van der Waals surface area contributed by atoms with E-state index in [1.807, 2.05) is 24.3 Å². The second kappa shape index (κ2) is 10.2. The fourth-order valence-electron chi connectivity index (χ4n) is 3.39. The SMILES string of the molecule is CCN1CCN(c2ccc(NC(=S)NC(=O)c3ccc(OC)c([N+](=O)[O-])c3)cc2)CC1. The van der Waals surface area contributed by atoms with Crippen molar-refractivity contribution in [1.29, 1.82) is 0 Å². The van der Waals surface area contributed by atoms with Crippen molar-refractivity contribution in [1.82, 2.24) is 10.2 Å². The number of nitrogens with one attached hydrogen (secondary N) is 2. The van der Waals surface area contributed by atoms with Crippen molar-refractivity contribution in [3.8, 4) is 5.75 Å². The number of nitro groups is 1. The van der Waals surface area contributed by atoms with Gasteiger partial charge in [0.05, 0.1) is 12.0 Å². The number of carbonyl (C=O) groups is 1. The highest BCUT2D eigenvalue weighted by Gasteiger charge is 2.19. The van der Waals surface area contributed by atoms with Crippen molar-refractivity contribution in [2.45, 2.75) is 6.92 Å². The van der Waals surface area contributed by atoms with E-state index < -0.39 is 10.8 Å². The molecule has 2 aromatic rings. The maximum atomic E-state index is 12.4. The molecule has 1 fully saturated rings. The van der Waals surface area contributed by atoms with Crippen LogP contribution in [0.5, 0.6) is 5.75 Å². The van der Waals surface area contributed by atoms with E-state index in [2.05, 4.69) is 27.4 Å². The zero-order valence-corrected chi connectivity index (χ0v) is 18.3. The molecule has 10 heteroatoms. The first kappa shape index (κ1) is 22.4. The Balaban J connectivity index is 1.57. The second-order valence-corrected chi connectivity index (χ2v) is 7.43.